The summed E-state index contributed by atoms with van der Waals surface area (Å²) in [6, 6.07) is 8.91. The summed E-state index contributed by atoms with van der Waals surface area (Å²) >= 11 is 5.99. The maximum Gasteiger partial charge on any atom is 0.0406 e. The predicted molar refractivity (Wildman–Crippen MR) is 91.9 cm³/mol. The summed E-state index contributed by atoms with van der Waals surface area (Å²) in [6.07, 6.45) is 7.76. The maximum atomic E-state index is 6.20. The minimum Gasteiger partial charge on any atom is -0.329 e. The molecule has 2 N–H and O–H groups in total. The highest BCUT2D eigenvalue weighted by Gasteiger charge is 2.35. The third-order valence-electron chi connectivity index (χ3n) is 4.99. The number of likely N-dealkylation sites (N-methyl/N-ethyl adjacent to an activating group) is 1. The van der Waals surface area contributed by atoms with Gasteiger partial charge in [0.1, 0.15) is 0 Å². The molecule has 1 aliphatic carbocycles. The molecule has 2 rings (SSSR count). The van der Waals surface area contributed by atoms with Crippen LogP contribution in [0.1, 0.15) is 51.5 Å². The Balaban J connectivity index is 2.14. The van der Waals surface area contributed by atoms with Crippen molar-refractivity contribution in [2.45, 2.75) is 64.0 Å². The number of nitrogens with two attached hydrogens (primary N) is 1. The van der Waals surface area contributed by atoms with Gasteiger partial charge in [0.25, 0.3) is 0 Å². The molecule has 0 aromatic heterocycles. The molecule has 118 valence electrons. The summed E-state index contributed by atoms with van der Waals surface area (Å²) in [5.74, 6) is 0. The van der Waals surface area contributed by atoms with E-state index in [0.717, 1.165) is 18.0 Å². The summed E-state index contributed by atoms with van der Waals surface area (Å²) < 4.78 is 0. The van der Waals surface area contributed by atoms with Gasteiger partial charge in [-0.3, -0.25) is 4.90 Å². The monoisotopic (exact) mass is 308 g/mol. The summed E-state index contributed by atoms with van der Waals surface area (Å²) in [6.45, 7) is 6.36. The Morgan fingerprint density at radius 2 is 1.81 bits per heavy atom. The number of nitrogens with zero attached hydrogens (tertiary/aromatic N) is 1. The molecule has 3 heteroatoms. The third-order valence-corrected chi connectivity index (χ3v) is 5.24. The van der Waals surface area contributed by atoms with Crippen LogP contribution in [0.15, 0.2) is 24.3 Å². The first-order valence-electron chi connectivity index (χ1n) is 8.30. The summed E-state index contributed by atoms with van der Waals surface area (Å²) in [7, 11) is 0. The average molecular weight is 309 g/mol. The average Bonchev–Trinajstić information content (AvgIpc) is 2.51. The number of rotatable bonds is 6. The first-order valence-corrected chi connectivity index (χ1v) is 8.68. The van der Waals surface area contributed by atoms with Gasteiger partial charge >= 0.3 is 0 Å². The van der Waals surface area contributed by atoms with Crippen LogP contribution in [0.5, 0.6) is 0 Å². The van der Waals surface area contributed by atoms with Crippen LogP contribution in [0.2, 0.25) is 5.02 Å². The van der Waals surface area contributed by atoms with Crippen molar-refractivity contribution in [2.24, 2.45) is 5.73 Å². The van der Waals surface area contributed by atoms with Gasteiger partial charge in [0.2, 0.25) is 0 Å². The largest absolute Gasteiger partial charge is 0.329 e. The number of hydrogen-bond acceptors (Lipinski definition) is 2. The summed E-state index contributed by atoms with van der Waals surface area (Å²) in [5, 5.41) is 0.799. The fraction of sp³-hybridized carbons (Fsp3) is 0.667. The van der Waals surface area contributed by atoms with E-state index < -0.39 is 0 Å². The van der Waals surface area contributed by atoms with E-state index in [0.29, 0.717) is 12.6 Å². The second kappa shape index (κ2) is 7.62. The lowest BCUT2D eigenvalue weighted by Gasteiger charge is -2.46. The van der Waals surface area contributed by atoms with Gasteiger partial charge in [-0.15, -0.1) is 0 Å². The molecule has 1 aliphatic rings. The quantitative estimate of drug-likeness (QED) is 0.851. The van der Waals surface area contributed by atoms with Crippen molar-refractivity contribution in [1.82, 2.24) is 4.90 Å². The van der Waals surface area contributed by atoms with Crippen LogP contribution < -0.4 is 5.73 Å². The van der Waals surface area contributed by atoms with Crippen molar-refractivity contribution in [2.75, 3.05) is 13.1 Å². The normalized spacial score (nSPS) is 19.7. The molecule has 1 atom stereocenters. The topological polar surface area (TPSA) is 29.3 Å². The Hall–Kier alpha value is -0.570. The van der Waals surface area contributed by atoms with Crippen LogP contribution in [-0.2, 0) is 6.42 Å². The lowest BCUT2D eigenvalue weighted by atomic mass is 9.85. The zero-order chi connectivity index (χ0) is 15.3. The van der Waals surface area contributed by atoms with E-state index in [1.165, 1.54) is 37.7 Å². The molecule has 0 heterocycles. The fourth-order valence-corrected chi connectivity index (χ4v) is 3.93. The van der Waals surface area contributed by atoms with Gasteiger partial charge in [-0.25, -0.2) is 0 Å². The molecule has 0 radical (unpaired) electrons. The highest BCUT2D eigenvalue weighted by Crippen LogP contribution is 2.30. The summed E-state index contributed by atoms with van der Waals surface area (Å²) in [5.41, 5.74) is 7.55. The van der Waals surface area contributed by atoms with Crippen molar-refractivity contribution < 1.29 is 0 Å². The molecule has 1 aromatic carbocycles. The zero-order valence-corrected chi connectivity index (χ0v) is 14.2. The molecular formula is C18H29ClN2. The van der Waals surface area contributed by atoms with E-state index in [2.05, 4.69) is 30.9 Å². The summed E-state index contributed by atoms with van der Waals surface area (Å²) in [4.78, 5) is 2.65. The molecule has 0 aliphatic heterocycles. The van der Waals surface area contributed by atoms with E-state index >= 15 is 0 Å². The first-order chi connectivity index (χ1) is 10.1. The first kappa shape index (κ1) is 16.8. The van der Waals surface area contributed by atoms with E-state index in [1.807, 2.05) is 12.1 Å². The van der Waals surface area contributed by atoms with Gasteiger partial charge < -0.3 is 5.73 Å². The Morgan fingerprint density at radius 3 is 2.33 bits per heavy atom. The van der Waals surface area contributed by atoms with Crippen molar-refractivity contribution in [3.8, 4) is 0 Å². The second-order valence-corrected chi connectivity index (χ2v) is 7.02. The van der Waals surface area contributed by atoms with Crippen LogP contribution in [0.25, 0.3) is 0 Å². The van der Waals surface area contributed by atoms with Gasteiger partial charge in [0.05, 0.1) is 0 Å². The molecule has 0 saturated heterocycles. The van der Waals surface area contributed by atoms with Crippen molar-refractivity contribution in [3.05, 3.63) is 34.9 Å². The van der Waals surface area contributed by atoms with Crippen LogP contribution >= 0.6 is 11.6 Å². The van der Waals surface area contributed by atoms with Crippen LogP contribution in [0, 0.1) is 0 Å². The van der Waals surface area contributed by atoms with Gasteiger partial charge in [0, 0.05) is 23.1 Å². The number of benzene rings is 1. The minimum absolute atomic E-state index is 0.0323. The molecule has 2 nitrogen and oxygen atoms in total. The smallest absolute Gasteiger partial charge is 0.0406 e. The highest BCUT2D eigenvalue weighted by molar-refractivity contribution is 6.30. The SMILES string of the molecule is CCN(C1CCCCC1)C(C)(CN)Cc1ccc(Cl)cc1. The van der Waals surface area contributed by atoms with Crippen LogP contribution in [0.3, 0.4) is 0 Å². The molecule has 1 fully saturated rings. The molecule has 21 heavy (non-hydrogen) atoms. The molecule has 0 amide bonds. The van der Waals surface area contributed by atoms with E-state index in [4.69, 9.17) is 17.3 Å². The Bertz CT molecular complexity index is 425. The van der Waals surface area contributed by atoms with E-state index in [-0.39, 0.29) is 5.54 Å². The Labute approximate surface area is 134 Å². The number of halogens is 1. The lowest BCUT2D eigenvalue weighted by molar-refractivity contribution is 0.0473. The van der Waals surface area contributed by atoms with E-state index in [1.54, 1.807) is 0 Å². The van der Waals surface area contributed by atoms with Crippen molar-refractivity contribution >= 4 is 11.6 Å². The molecule has 0 spiro atoms. The van der Waals surface area contributed by atoms with Gasteiger partial charge in [-0.05, 0) is 50.4 Å². The van der Waals surface area contributed by atoms with Crippen LogP contribution in [-0.4, -0.2) is 29.6 Å². The second-order valence-electron chi connectivity index (χ2n) is 6.58. The van der Waals surface area contributed by atoms with Crippen molar-refractivity contribution in [3.63, 3.8) is 0 Å². The molecule has 0 bridgehead atoms. The molecule has 1 unspecified atom stereocenters. The lowest BCUT2D eigenvalue weighted by Crippen LogP contribution is -2.57. The minimum atomic E-state index is 0.0323. The predicted octanol–water partition coefficient (Wildman–Crippen LogP) is 4.25. The highest BCUT2D eigenvalue weighted by atomic mass is 35.5. The standard InChI is InChI=1S/C18H29ClN2/c1-3-21(17-7-5-4-6-8-17)18(2,14-20)13-15-9-11-16(19)12-10-15/h9-12,17H,3-8,13-14,20H2,1-2H3. The van der Waals surface area contributed by atoms with Gasteiger partial charge in [-0.2, -0.15) is 0 Å². The molecular weight excluding hydrogens is 280 g/mol. The van der Waals surface area contributed by atoms with E-state index in [9.17, 15) is 0 Å². The van der Waals surface area contributed by atoms with Crippen molar-refractivity contribution in [1.29, 1.82) is 0 Å². The maximum absolute atomic E-state index is 6.20. The Kier molecular flexibility index (Phi) is 6.09. The number of hydrogen-bond donors (Lipinski definition) is 1. The van der Waals surface area contributed by atoms with Crippen LogP contribution in [0.4, 0.5) is 0 Å². The van der Waals surface area contributed by atoms with Gasteiger partial charge in [-0.1, -0.05) is 49.9 Å². The molecule has 1 saturated carbocycles. The van der Waals surface area contributed by atoms with Gasteiger partial charge in [0.15, 0.2) is 0 Å². The fourth-order valence-electron chi connectivity index (χ4n) is 3.81. The molecule has 1 aromatic rings. The Morgan fingerprint density at radius 1 is 1.19 bits per heavy atom. The zero-order valence-electron chi connectivity index (χ0n) is 13.4. The third kappa shape index (κ3) is 4.21.